The quantitative estimate of drug-likeness (QED) is 0.848. The first-order valence-corrected chi connectivity index (χ1v) is 11.2. The molecule has 158 valence electrons. The van der Waals surface area contributed by atoms with Gasteiger partial charge in [-0.2, -0.15) is 0 Å². The van der Waals surface area contributed by atoms with Crippen molar-refractivity contribution >= 4 is 16.8 Å². The van der Waals surface area contributed by atoms with E-state index in [4.69, 9.17) is 4.74 Å². The topological polar surface area (TPSA) is 48.6 Å². The van der Waals surface area contributed by atoms with E-state index in [2.05, 4.69) is 72.9 Å². The van der Waals surface area contributed by atoms with Crippen molar-refractivity contribution in [3.05, 3.63) is 36.0 Å². The number of carbonyl (C=O) groups is 1. The molecule has 29 heavy (non-hydrogen) atoms. The molecule has 5 nitrogen and oxygen atoms in total. The van der Waals surface area contributed by atoms with Crippen LogP contribution in [0.4, 0.5) is 0 Å². The van der Waals surface area contributed by atoms with Crippen molar-refractivity contribution in [1.82, 2.24) is 14.8 Å². The Bertz CT molecular complexity index is 828. The van der Waals surface area contributed by atoms with E-state index in [0.717, 1.165) is 39.0 Å². The summed E-state index contributed by atoms with van der Waals surface area (Å²) in [6, 6.07) is 8.47. The summed E-state index contributed by atoms with van der Waals surface area (Å²) in [6.07, 6.45) is 4.60. The van der Waals surface area contributed by atoms with E-state index in [9.17, 15) is 4.79 Å². The van der Waals surface area contributed by atoms with Crippen molar-refractivity contribution in [3.8, 4) is 0 Å². The number of hydrogen-bond acceptors (Lipinski definition) is 3. The Balaban J connectivity index is 1.43. The van der Waals surface area contributed by atoms with Crippen molar-refractivity contribution in [2.24, 2.45) is 5.92 Å². The molecule has 5 heteroatoms. The normalized spacial score (nSPS) is 25.6. The van der Waals surface area contributed by atoms with Crippen molar-refractivity contribution in [1.29, 1.82) is 0 Å². The van der Waals surface area contributed by atoms with Gasteiger partial charge in [-0.25, -0.2) is 0 Å². The molecule has 2 fully saturated rings. The van der Waals surface area contributed by atoms with Crippen LogP contribution in [0.2, 0.25) is 0 Å². The zero-order chi connectivity index (χ0) is 20.5. The highest BCUT2D eigenvalue weighted by Crippen LogP contribution is 2.33. The average molecular weight is 398 g/mol. The molecule has 2 aliphatic heterocycles. The fourth-order valence-electron chi connectivity index (χ4n) is 5.34. The van der Waals surface area contributed by atoms with Gasteiger partial charge < -0.3 is 14.6 Å². The Kier molecular flexibility index (Phi) is 5.98. The largest absolute Gasteiger partial charge is 0.373 e. The molecule has 0 aliphatic carbocycles. The van der Waals surface area contributed by atoms with Gasteiger partial charge in [0, 0.05) is 43.3 Å². The van der Waals surface area contributed by atoms with E-state index in [1.165, 1.54) is 16.5 Å². The Labute approximate surface area is 174 Å². The number of morpholine rings is 1. The summed E-state index contributed by atoms with van der Waals surface area (Å²) in [5.41, 5.74) is 2.61. The van der Waals surface area contributed by atoms with Gasteiger partial charge in [-0.15, -0.1) is 0 Å². The number of piperidine rings is 1. The van der Waals surface area contributed by atoms with Crippen LogP contribution in [0.15, 0.2) is 30.5 Å². The number of nitrogens with one attached hydrogen (secondary N) is 1. The Morgan fingerprint density at radius 3 is 2.41 bits per heavy atom. The van der Waals surface area contributed by atoms with Gasteiger partial charge in [0.05, 0.1) is 18.2 Å². The number of nitrogens with zero attached hydrogens (tertiary/aromatic N) is 2. The number of amides is 1. The molecule has 2 aliphatic rings. The molecule has 4 rings (SSSR count). The van der Waals surface area contributed by atoms with E-state index in [-0.39, 0.29) is 18.2 Å². The number of benzene rings is 1. The number of fused-ring (bicyclic) bond motifs is 1. The zero-order valence-electron chi connectivity index (χ0n) is 18.2. The first-order valence-electron chi connectivity index (χ1n) is 11.2. The van der Waals surface area contributed by atoms with E-state index >= 15 is 0 Å². The summed E-state index contributed by atoms with van der Waals surface area (Å²) in [4.78, 5) is 21.4. The number of rotatable bonds is 4. The number of likely N-dealkylation sites (tertiary alicyclic amines) is 1. The van der Waals surface area contributed by atoms with Gasteiger partial charge in [0.2, 0.25) is 5.91 Å². The lowest BCUT2D eigenvalue weighted by molar-refractivity contribution is -0.146. The first kappa shape index (κ1) is 20.4. The molecule has 2 saturated heterocycles. The third kappa shape index (κ3) is 4.22. The Morgan fingerprint density at radius 2 is 1.76 bits per heavy atom. The number of H-pyrrole nitrogens is 1. The lowest BCUT2D eigenvalue weighted by Crippen LogP contribution is -2.58. The highest BCUT2D eigenvalue weighted by atomic mass is 16.5. The molecular formula is C24H35N3O2. The van der Waals surface area contributed by atoms with Crippen LogP contribution in [0.25, 0.3) is 10.9 Å². The highest BCUT2D eigenvalue weighted by molar-refractivity contribution is 5.84. The SMILES string of the molecule is CC1CN(C(C(=O)N2CCC(c3c[nH]c4ccccc34)CC2)C(C)C)CC(C)O1. The van der Waals surface area contributed by atoms with E-state index in [1.54, 1.807) is 0 Å². The summed E-state index contributed by atoms with van der Waals surface area (Å²) in [5, 5.41) is 1.33. The van der Waals surface area contributed by atoms with Crippen molar-refractivity contribution in [3.63, 3.8) is 0 Å². The zero-order valence-corrected chi connectivity index (χ0v) is 18.2. The van der Waals surface area contributed by atoms with Crippen LogP contribution in [0.5, 0.6) is 0 Å². The smallest absolute Gasteiger partial charge is 0.240 e. The third-order valence-corrected chi connectivity index (χ3v) is 6.59. The molecule has 3 heterocycles. The predicted octanol–water partition coefficient (Wildman–Crippen LogP) is 4.01. The summed E-state index contributed by atoms with van der Waals surface area (Å²) in [6.45, 7) is 11.9. The molecule has 2 aromatic rings. The monoisotopic (exact) mass is 397 g/mol. The molecule has 0 radical (unpaired) electrons. The first-order chi connectivity index (χ1) is 13.9. The van der Waals surface area contributed by atoms with Crippen LogP contribution in [-0.4, -0.2) is 65.1 Å². The molecule has 0 saturated carbocycles. The maximum absolute atomic E-state index is 13.5. The second-order valence-corrected chi connectivity index (χ2v) is 9.29. The van der Waals surface area contributed by atoms with Gasteiger partial charge in [0.25, 0.3) is 0 Å². The minimum absolute atomic E-state index is 0.0477. The molecule has 1 aromatic heterocycles. The molecular weight excluding hydrogens is 362 g/mol. The minimum atomic E-state index is -0.0477. The lowest BCUT2D eigenvalue weighted by atomic mass is 9.88. The van der Waals surface area contributed by atoms with Gasteiger partial charge in [0.15, 0.2) is 0 Å². The summed E-state index contributed by atoms with van der Waals surface area (Å²) in [5.74, 6) is 1.13. The van der Waals surface area contributed by atoms with E-state index in [1.807, 2.05) is 0 Å². The maximum atomic E-state index is 13.5. The van der Waals surface area contributed by atoms with Crippen LogP contribution in [0, 0.1) is 5.92 Å². The average Bonchev–Trinajstić information content (AvgIpc) is 3.11. The summed E-state index contributed by atoms with van der Waals surface area (Å²) in [7, 11) is 0. The molecule has 0 spiro atoms. The van der Waals surface area contributed by atoms with Crippen LogP contribution >= 0.6 is 0 Å². The second kappa shape index (κ2) is 8.49. The molecule has 1 N–H and O–H groups in total. The van der Waals surface area contributed by atoms with Crippen LogP contribution in [-0.2, 0) is 9.53 Å². The standard InChI is InChI=1S/C24H35N3O2/c1-16(2)23(27-14-17(3)29-18(4)15-27)24(28)26-11-9-19(10-12-26)21-13-25-22-8-6-5-7-20(21)22/h5-8,13,16-19,23,25H,9-12,14-15H2,1-4H3. The predicted molar refractivity (Wildman–Crippen MR) is 117 cm³/mol. The number of hydrogen-bond donors (Lipinski definition) is 1. The maximum Gasteiger partial charge on any atom is 0.240 e. The van der Waals surface area contributed by atoms with Gasteiger partial charge in [0.1, 0.15) is 0 Å². The third-order valence-electron chi connectivity index (χ3n) is 6.59. The molecule has 1 amide bonds. The lowest BCUT2D eigenvalue weighted by Gasteiger charge is -2.43. The number of ether oxygens (including phenoxy) is 1. The van der Waals surface area contributed by atoms with E-state index < -0.39 is 0 Å². The summed E-state index contributed by atoms with van der Waals surface area (Å²) < 4.78 is 5.89. The van der Waals surface area contributed by atoms with Crippen molar-refractivity contribution < 1.29 is 9.53 Å². The Morgan fingerprint density at radius 1 is 1.10 bits per heavy atom. The molecule has 1 aromatic carbocycles. The molecule has 3 atom stereocenters. The Hall–Kier alpha value is -1.85. The number of aromatic amines is 1. The van der Waals surface area contributed by atoms with Crippen LogP contribution in [0.3, 0.4) is 0 Å². The molecule has 3 unspecified atom stereocenters. The number of para-hydroxylation sites is 1. The van der Waals surface area contributed by atoms with Crippen LogP contribution in [0.1, 0.15) is 52.0 Å². The van der Waals surface area contributed by atoms with Crippen LogP contribution < -0.4 is 0 Å². The highest BCUT2D eigenvalue weighted by Gasteiger charge is 2.37. The van der Waals surface area contributed by atoms with Crippen molar-refractivity contribution in [2.75, 3.05) is 26.2 Å². The van der Waals surface area contributed by atoms with Gasteiger partial charge in [-0.1, -0.05) is 32.0 Å². The summed E-state index contributed by atoms with van der Waals surface area (Å²) >= 11 is 0. The van der Waals surface area contributed by atoms with Gasteiger partial charge >= 0.3 is 0 Å². The second-order valence-electron chi connectivity index (χ2n) is 9.29. The van der Waals surface area contributed by atoms with Gasteiger partial charge in [-0.3, -0.25) is 9.69 Å². The van der Waals surface area contributed by atoms with Gasteiger partial charge in [-0.05, 0) is 50.2 Å². The molecule has 0 bridgehead atoms. The van der Waals surface area contributed by atoms with Crippen molar-refractivity contribution in [2.45, 2.75) is 64.7 Å². The fourth-order valence-corrected chi connectivity index (χ4v) is 5.34. The minimum Gasteiger partial charge on any atom is -0.373 e. The van der Waals surface area contributed by atoms with E-state index in [0.29, 0.717) is 17.7 Å². The fraction of sp³-hybridized carbons (Fsp3) is 0.625. The number of aromatic nitrogens is 1. The number of carbonyl (C=O) groups excluding carboxylic acids is 1.